The zero-order valence-electron chi connectivity index (χ0n) is 16.6. The van der Waals surface area contributed by atoms with Gasteiger partial charge < -0.3 is 15.0 Å². The summed E-state index contributed by atoms with van der Waals surface area (Å²) in [5.74, 6) is -0.0697. The van der Waals surface area contributed by atoms with E-state index < -0.39 is 0 Å². The van der Waals surface area contributed by atoms with Crippen molar-refractivity contribution in [2.45, 2.75) is 17.3 Å². The monoisotopic (exact) mass is 442 g/mol. The molecule has 0 spiro atoms. The molecule has 0 aliphatic carbocycles. The van der Waals surface area contributed by atoms with Crippen LogP contribution in [0.1, 0.15) is 6.92 Å². The Labute approximate surface area is 185 Å². The van der Waals surface area contributed by atoms with Gasteiger partial charge >= 0.3 is 0 Å². The topological polar surface area (TPSA) is 59.4 Å². The zero-order valence-corrected chi connectivity index (χ0v) is 18.2. The van der Waals surface area contributed by atoms with E-state index in [1.807, 2.05) is 66.2 Å². The molecule has 1 aromatic heterocycles. The van der Waals surface area contributed by atoms with Gasteiger partial charge in [0.15, 0.2) is 5.16 Å². The summed E-state index contributed by atoms with van der Waals surface area (Å²) in [4.78, 5) is 19.4. The van der Waals surface area contributed by atoms with Gasteiger partial charge in [-0.15, -0.1) is 0 Å². The number of hydrogen-bond donors (Lipinski definition) is 1. The molecule has 1 atom stereocenters. The Morgan fingerprint density at radius 2 is 1.93 bits per heavy atom. The van der Waals surface area contributed by atoms with Gasteiger partial charge in [-0.25, -0.2) is 4.98 Å². The number of halogens is 1. The minimum Gasteiger partial charge on any atom is -0.378 e. The molecule has 4 rings (SSSR count). The normalized spacial score (nSPS) is 15.1. The Morgan fingerprint density at radius 3 is 2.67 bits per heavy atom. The van der Waals surface area contributed by atoms with E-state index in [0.29, 0.717) is 5.02 Å². The first-order chi connectivity index (χ1) is 14.6. The van der Waals surface area contributed by atoms with Crippen LogP contribution in [-0.2, 0) is 9.53 Å². The van der Waals surface area contributed by atoms with Crippen molar-refractivity contribution in [2.24, 2.45) is 0 Å². The van der Waals surface area contributed by atoms with Crippen LogP contribution in [0.2, 0.25) is 5.02 Å². The molecule has 1 saturated heterocycles. The van der Waals surface area contributed by atoms with Crippen molar-refractivity contribution in [2.75, 3.05) is 36.5 Å². The smallest absolute Gasteiger partial charge is 0.237 e. The maximum atomic E-state index is 12.7. The lowest BCUT2D eigenvalue weighted by Crippen LogP contribution is -2.36. The average Bonchev–Trinajstić information content (AvgIpc) is 3.23. The Bertz CT molecular complexity index is 1000. The van der Waals surface area contributed by atoms with Crippen LogP contribution in [0.15, 0.2) is 66.1 Å². The minimum atomic E-state index is -0.316. The number of benzene rings is 2. The minimum absolute atomic E-state index is 0.0697. The predicted octanol–water partition coefficient (Wildman–Crippen LogP) is 4.48. The van der Waals surface area contributed by atoms with E-state index in [4.69, 9.17) is 16.3 Å². The molecule has 6 nitrogen and oxygen atoms in total. The molecule has 156 valence electrons. The number of aromatic nitrogens is 2. The van der Waals surface area contributed by atoms with Crippen molar-refractivity contribution < 1.29 is 9.53 Å². The van der Waals surface area contributed by atoms with Gasteiger partial charge in [0, 0.05) is 47.6 Å². The van der Waals surface area contributed by atoms with Crippen LogP contribution in [-0.4, -0.2) is 47.0 Å². The number of carbonyl (C=O) groups excluding carboxylic acids is 1. The Balaban J connectivity index is 1.38. The second-order valence-corrected chi connectivity index (χ2v) is 8.70. The molecule has 0 bridgehead atoms. The van der Waals surface area contributed by atoms with E-state index in [-0.39, 0.29) is 11.2 Å². The van der Waals surface area contributed by atoms with Gasteiger partial charge in [-0.3, -0.25) is 9.36 Å². The van der Waals surface area contributed by atoms with Crippen molar-refractivity contribution in [1.29, 1.82) is 0 Å². The highest BCUT2D eigenvalue weighted by atomic mass is 35.5. The number of imidazole rings is 1. The number of rotatable bonds is 6. The standard InChI is InChI=1S/C22H23ClN4O2S/c1-16(30-22-24-9-10-27(22)20-4-2-3-17(23)15-20)21(28)25-18-5-7-19(8-6-18)26-11-13-29-14-12-26/h2-10,15-16H,11-14H2,1H3,(H,25,28). The average molecular weight is 443 g/mol. The first-order valence-electron chi connectivity index (χ1n) is 9.80. The lowest BCUT2D eigenvalue weighted by atomic mass is 10.2. The number of anilines is 2. The van der Waals surface area contributed by atoms with Crippen LogP contribution in [0.4, 0.5) is 11.4 Å². The molecule has 30 heavy (non-hydrogen) atoms. The second kappa shape index (κ2) is 9.55. The van der Waals surface area contributed by atoms with E-state index in [1.54, 1.807) is 6.20 Å². The first-order valence-corrected chi connectivity index (χ1v) is 11.1. The largest absolute Gasteiger partial charge is 0.378 e. The van der Waals surface area contributed by atoms with Crippen molar-refractivity contribution >= 4 is 40.6 Å². The maximum Gasteiger partial charge on any atom is 0.237 e. The molecular weight excluding hydrogens is 420 g/mol. The molecular formula is C22H23ClN4O2S. The fourth-order valence-electron chi connectivity index (χ4n) is 3.23. The van der Waals surface area contributed by atoms with E-state index >= 15 is 0 Å². The molecule has 1 N–H and O–H groups in total. The zero-order chi connectivity index (χ0) is 20.9. The van der Waals surface area contributed by atoms with E-state index in [1.165, 1.54) is 11.8 Å². The quantitative estimate of drug-likeness (QED) is 0.570. The Hall–Kier alpha value is -2.48. The molecule has 2 heterocycles. The molecule has 1 unspecified atom stereocenters. The lowest BCUT2D eigenvalue weighted by molar-refractivity contribution is -0.115. The number of nitrogens with one attached hydrogen (secondary N) is 1. The highest BCUT2D eigenvalue weighted by Gasteiger charge is 2.18. The first kappa shape index (κ1) is 20.8. The van der Waals surface area contributed by atoms with Crippen LogP contribution in [0.3, 0.4) is 0 Å². The molecule has 0 saturated carbocycles. The van der Waals surface area contributed by atoms with Crippen molar-refractivity contribution in [3.05, 3.63) is 65.9 Å². The maximum absolute atomic E-state index is 12.7. The number of nitrogens with zero attached hydrogens (tertiary/aromatic N) is 3. The van der Waals surface area contributed by atoms with Gasteiger partial charge in [-0.2, -0.15) is 0 Å². The predicted molar refractivity (Wildman–Crippen MR) is 122 cm³/mol. The van der Waals surface area contributed by atoms with Gasteiger partial charge in [0.25, 0.3) is 0 Å². The second-order valence-electron chi connectivity index (χ2n) is 6.96. The molecule has 8 heteroatoms. The summed E-state index contributed by atoms with van der Waals surface area (Å²) < 4.78 is 7.32. The van der Waals surface area contributed by atoms with Crippen LogP contribution in [0.25, 0.3) is 5.69 Å². The highest BCUT2D eigenvalue weighted by molar-refractivity contribution is 8.00. The number of hydrogen-bond acceptors (Lipinski definition) is 5. The van der Waals surface area contributed by atoms with Crippen molar-refractivity contribution in [1.82, 2.24) is 9.55 Å². The van der Waals surface area contributed by atoms with Gasteiger partial charge in [0.2, 0.25) is 5.91 Å². The molecule has 0 radical (unpaired) electrons. The molecule has 1 aliphatic rings. The summed E-state index contributed by atoms with van der Waals surface area (Å²) in [6.45, 7) is 5.15. The number of ether oxygens (including phenoxy) is 1. The molecule has 3 aromatic rings. The summed E-state index contributed by atoms with van der Waals surface area (Å²) in [6.07, 6.45) is 3.58. The molecule has 1 fully saturated rings. The third-order valence-electron chi connectivity index (χ3n) is 4.86. The summed E-state index contributed by atoms with van der Waals surface area (Å²) in [6, 6.07) is 15.5. The van der Waals surface area contributed by atoms with E-state index in [9.17, 15) is 4.79 Å². The Morgan fingerprint density at radius 1 is 1.17 bits per heavy atom. The summed E-state index contributed by atoms with van der Waals surface area (Å²) in [7, 11) is 0. The van der Waals surface area contributed by atoms with Crippen LogP contribution < -0.4 is 10.2 Å². The molecule has 1 amide bonds. The number of thioether (sulfide) groups is 1. The van der Waals surface area contributed by atoms with Crippen LogP contribution in [0, 0.1) is 0 Å². The third kappa shape index (κ3) is 4.98. The van der Waals surface area contributed by atoms with Gasteiger partial charge in [-0.1, -0.05) is 29.4 Å². The van der Waals surface area contributed by atoms with Gasteiger partial charge in [-0.05, 0) is 49.4 Å². The fraction of sp³-hybridized carbons (Fsp3) is 0.273. The third-order valence-corrected chi connectivity index (χ3v) is 6.17. The lowest BCUT2D eigenvalue weighted by Gasteiger charge is -2.28. The van der Waals surface area contributed by atoms with Crippen LogP contribution >= 0.6 is 23.4 Å². The number of amides is 1. The van der Waals surface area contributed by atoms with Gasteiger partial charge in [0.05, 0.1) is 18.5 Å². The van der Waals surface area contributed by atoms with E-state index in [2.05, 4.69) is 15.2 Å². The molecule has 2 aromatic carbocycles. The van der Waals surface area contributed by atoms with E-state index in [0.717, 1.165) is 48.5 Å². The summed E-state index contributed by atoms with van der Waals surface area (Å²) in [5, 5.41) is 4.07. The SMILES string of the molecule is CC(Sc1nccn1-c1cccc(Cl)c1)C(=O)Nc1ccc(N2CCOCC2)cc1. The fourth-order valence-corrected chi connectivity index (χ4v) is 4.30. The Kier molecular flexibility index (Phi) is 6.62. The van der Waals surface area contributed by atoms with Crippen molar-refractivity contribution in [3.8, 4) is 5.69 Å². The van der Waals surface area contributed by atoms with Crippen LogP contribution in [0.5, 0.6) is 0 Å². The van der Waals surface area contributed by atoms with Crippen molar-refractivity contribution in [3.63, 3.8) is 0 Å². The molecule has 1 aliphatic heterocycles. The highest BCUT2D eigenvalue weighted by Crippen LogP contribution is 2.27. The number of morpholine rings is 1. The van der Waals surface area contributed by atoms with Gasteiger partial charge in [0.1, 0.15) is 0 Å². The summed E-state index contributed by atoms with van der Waals surface area (Å²) >= 11 is 7.51. The number of carbonyl (C=O) groups is 1. The summed E-state index contributed by atoms with van der Waals surface area (Å²) in [5.41, 5.74) is 2.83.